The lowest BCUT2D eigenvalue weighted by Gasteiger charge is -2.04. The Hall–Kier alpha value is 0.470. The van der Waals surface area contributed by atoms with Crippen LogP contribution in [0.1, 0.15) is 12.5 Å². The minimum absolute atomic E-state index is 0.572. The van der Waals surface area contributed by atoms with Gasteiger partial charge in [0, 0.05) is 15.7 Å². The van der Waals surface area contributed by atoms with E-state index in [0.29, 0.717) is 5.92 Å². The van der Waals surface area contributed by atoms with E-state index in [9.17, 15) is 0 Å². The number of rotatable bonds is 3. The molecule has 0 aliphatic carbocycles. The Balaban J connectivity index is 2.56. The van der Waals surface area contributed by atoms with Gasteiger partial charge in [0.2, 0.25) is 0 Å². The van der Waals surface area contributed by atoms with Crippen molar-refractivity contribution in [2.75, 3.05) is 5.88 Å². The average Bonchev–Trinajstić information content (AvgIpc) is 2.37. The van der Waals surface area contributed by atoms with Gasteiger partial charge in [-0.05, 0) is 39.2 Å². The summed E-state index contributed by atoms with van der Waals surface area (Å²) in [5.41, 5.74) is 1.38. The molecule has 1 aromatic rings. The first-order valence-corrected chi connectivity index (χ1v) is 5.77. The lowest BCUT2D eigenvalue weighted by Crippen LogP contribution is -1.99. The largest absolute Gasteiger partial charge is 0.151 e. The Bertz CT molecular complexity index is 222. The zero-order valence-electron chi connectivity index (χ0n) is 6.31. The molecule has 0 aliphatic heterocycles. The Morgan fingerprint density at radius 2 is 2.36 bits per heavy atom. The van der Waals surface area contributed by atoms with Gasteiger partial charge in [0.05, 0.1) is 0 Å². The average molecular weight is 254 g/mol. The predicted molar refractivity (Wildman–Crippen MR) is 55.6 cm³/mol. The second kappa shape index (κ2) is 4.48. The van der Waals surface area contributed by atoms with Crippen LogP contribution >= 0.6 is 38.9 Å². The van der Waals surface area contributed by atoms with Gasteiger partial charge in [-0.15, -0.1) is 11.6 Å². The number of hydrogen-bond donors (Lipinski definition) is 0. The van der Waals surface area contributed by atoms with E-state index in [2.05, 4.69) is 33.6 Å². The zero-order chi connectivity index (χ0) is 8.27. The fourth-order valence-electron chi connectivity index (χ4n) is 0.883. The minimum atomic E-state index is 0.572. The van der Waals surface area contributed by atoms with Gasteiger partial charge < -0.3 is 0 Å². The van der Waals surface area contributed by atoms with Crippen LogP contribution < -0.4 is 0 Å². The van der Waals surface area contributed by atoms with Crippen LogP contribution in [0.25, 0.3) is 0 Å². The standard InChI is InChI=1S/C8H10BrClS/c1-6(3-10)2-7-4-11-5-8(7)9/h4-6H,2-3H2,1H3. The first-order valence-electron chi connectivity index (χ1n) is 3.50. The molecule has 0 aliphatic rings. The lowest BCUT2D eigenvalue weighted by atomic mass is 10.1. The van der Waals surface area contributed by atoms with Crippen molar-refractivity contribution in [2.45, 2.75) is 13.3 Å². The number of alkyl halides is 1. The molecule has 0 N–H and O–H groups in total. The van der Waals surface area contributed by atoms with Gasteiger partial charge in [-0.1, -0.05) is 6.92 Å². The highest BCUT2D eigenvalue weighted by molar-refractivity contribution is 9.10. The summed E-state index contributed by atoms with van der Waals surface area (Å²) in [4.78, 5) is 0. The Morgan fingerprint density at radius 3 is 2.82 bits per heavy atom. The fourth-order valence-corrected chi connectivity index (χ4v) is 2.47. The molecule has 1 atom stereocenters. The van der Waals surface area contributed by atoms with E-state index in [-0.39, 0.29) is 0 Å². The topological polar surface area (TPSA) is 0 Å². The quantitative estimate of drug-likeness (QED) is 0.716. The summed E-state index contributed by atoms with van der Waals surface area (Å²) in [5, 5.41) is 4.28. The van der Waals surface area contributed by atoms with E-state index in [1.165, 1.54) is 10.0 Å². The summed E-state index contributed by atoms with van der Waals surface area (Å²) in [6.45, 7) is 2.16. The van der Waals surface area contributed by atoms with E-state index >= 15 is 0 Å². The molecule has 11 heavy (non-hydrogen) atoms. The number of hydrogen-bond acceptors (Lipinski definition) is 1. The first kappa shape index (κ1) is 9.56. The highest BCUT2D eigenvalue weighted by Gasteiger charge is 2.05. The third kappa shape index (κ3) is 2.77. The van der Waals surface area contributed by atoms with Crippen LogP contribution in [-0.4, -0.2) is 5.88 Å². The van der Waals surface area contributed by atoms with Crippen LogP contribution in [0.15, 0.2) is 15.2 Å². The summed E-state index contributed by atoms with van der Waals surface area (Å²) in [6, 6.07) is 0. The maximum Gasteiger partial charge on any atom is 0.0314 e. The van der Waals surface area contributed by atoms with Gasteiger partial charge >= 0.3 is 0 Å². The van der Waals surface area contributed by atoms with Gasteiger partial charge in [0.25, 0.3) is 0 Å². The summed E-state index contributed by atoms with van der Waals surface area (Å²) in [7, 11) is 0. The summed E-state index contributed by atoms with van der Waals surface area (Å²) in [5.74, 6) is 1.31. The second-order valence-electron chi connectivity index (χ2n) is 2.71. The molecular formula is C8H10BrClS. The predicted octanol–water partition coefficient (Wildman–Crippen LogP) is 3.93. The molecule has 0 aromatic carbocycles. The van der Waals surface area contributed by atoms with Crippen molar-refractivity contribution >= 4 is 38.9 Å². The van der Waals surface area contributed by atoms with Gasteiger partial charge in [-0.2, -0.15) is 11.3 Å². The minimum Gasteiger partial charge on any atom is -0.151 e. The zero-order valence-corrected chi connectivity index (χ0v) is 9.47. The molecule has 0 spiro atoms. The summed E-state index contributed by atoms with van der Waals surface area (Å²) < 4.78 is 1.22. The van der Waals surface area contributed by atoms with Crippen molar-refractivity contribution in [1.82, 2.24) is 0 Å². The number of halogens is 2. The van der Waals surface area contributed by atoms with Gasteiger partial charge in [-0.3, -0.25) is 0 Å². The van der Waals surface area contributed by atoms with Crippen LogP contribution in [0.5, 0.6) is 0 Å². The molecule has 0 nitrogen and oxygen atoms in total. The van der Waals surface area contributed by atoms with Crippen molar-refractivity contribution in [2.24, 2.45) is 5.92 Å². The van der Waals surface area contributed by atoms with Gasteiger partial charge in [0.1, 0.15) is 0 Å². The van der Waals surface area contributed by atoms with Crippen LogP contribution in [0.4, 0.5) is 0 Å². The molecule has 0 fully saturated rings. The molecule has 62 valence electrons. The summed E-state index contributed by atoms with van der Waals surface area (Å²) >= 11 is 10.9. The maximum atomic E-state index is 5.71. The third-order valence-electron chi connectivity index (χ3n) is 1.52. The van der Waals surface area contributed by atoms with Crippen molar-refractivity contribution in [1.29, 1.82) is 0 Å². The Morgan fingerprint density at radius 1 is 1.64 bits per heavy atom. The molecule has 3 heteroatoms. The smallest absolute Gasteiger partial charge is 0.0314 e. The molecule has 1 heterocycles. The van der Waals surface area contributed by atoms with E-state index in [1.807, 2.05) is 0 Å². The van der Waals surface area contributed by atoms with Crippen LogP contribution in [0, 0.1) is 5.92 Å². The highest BCUT2D eigenvalue weighted by Crippen LogP contribution is 2.24. The third-order valence-corrected chi connectivity index (χ3v) is 3.88. The van der Waals surface area contributed by atoms with Crippen LogP contribution in [-0.2, 0) is 6.42 Å². The van der Waals surface area contributed by atoms with Crippen molar-refractivity contribution in [3.8, 4) is 0 Å². The van der Waals surface area contributed by atoms with E-state index in [4.69, 9.17) is 11.6 Å². The Labute approximate surface area is 84.7 Å². The molecule has 0 saturated carbocycles. The monoisotopic (exact) mass is 252 g/mol. The fraction of sp³-hybridized carbons (Fsp3) is 0.500. The van der Waals surface area contributed by atoms with Gasteiger partial charge in [-0.25, -0.2) is 0 Å². The molecule has 1 rings (SSSR count). The number of thiophene rings is 1. The van der Waals surface area contributed by atoms with E-state index < -0.39 is 0 Å². The molecule has 1 unspecified atom stereocenters. The summed E-state index contributed by atoms with van der Waals surface area (Å²) in [6.07, 6.45) is 1.08. The molecule has 0 amide bonds. The normalized spacial score (nSPS) is 13.4. The second-order valence-corrected chi connectivity index (χ2v) is 4.62. The Kier molecular flexibility index (Phi) is 3.90. The molecule has 0 saturated heterocycles. The van der Waals surface area contributed by atoms with Crippen LogP contribution in [0.3, 0.4) is 0 Å². The SMILES string of the molecule is CC(CCl)Cc1cscc1Br. The van der Waals surface area contributed by atoms with Crippen molar-refractivity contribution in [3.63, 3.8) is 0 Å². The van der Waals surface area contributed by atoms with Crippen LogP contribution in [0.2, 0.25) is 0 Å². The highest BCUT2D eigenvalue weighted by atomic mass is 79.9. The molecule has 1 aromatic heterocycles. The molecule has 0 bridgehead atoms. The van der Waals surface area contributed by atoms with Gasteiger partial charge in [0.15, 0.2) is 0 Å². The molecular weight excluding hydrogens is 244 g/mol. The molecule has 0 radical (unpaired) electrons. The first-order chi connectivity index (χ1) is 5.24. The van der Waals surface area contributed by atoms with E-state index in [1.54, 1.807) is 11.3 Å². The van der Waals surface area contributed by atoms with E-state index in [0.717, 1.165) is 12.3 Å². The maximum absolute atomic E-state index is 5.71. The van der Waals surface area contributed by atoms with Crippen molar-refractivity contribution in [3.05, 3.63) is 20.8 Å². The van der Waals surface area contributed by atoms with Crippen molar-refractivity contribution < 1.29 is 0 Å². The lowest BCUT2D eigenvalue weighted by molar-refractivity contribution is 0.654.